The van der Waals surface area contributed by atoms with Gasteiger partial charge in [0, 0.05) is 12.2 Å². The summed E-state index contributed by atoms with van der Waals surface area (Å²) in [6.07, 6.45) is 0. The molecule has 0 spiro atoms. The number of aryl methyl sites for hydroxylation is 3. The molecule has 0 saturated carbocycles. The molecule has 0 saturated heterocycles. The fourth-order valence-electron chi connectivity index (χ4n) is 3.69. The third-order valence-electron chi connectivity index (χ3n) is 5.19. The van der Waals surface area contributed by atoms with Crippen LogP contribution in [0, 0.1) is 26.6 Å². The van der Waals surface area contributed by atoms with E-state index in [9.17, 15) is 14.0 Å². The maximum atomic E-state index is 13.9. The Hall–Kier alpha value is -3.20. The van der Waals surface area contributed by atoms with Gasteiger partial charge in [-0.05, 0) is 57.9 Å². The molecule has 2 amide bonds. The van der Waals surface area contributed by atoms with Crippen molar-refractivity contribution in [1.82, 2.24) is 20.1 Å². The van der Waals surface area contributed by atoms with Crippen LogP contribution < -0.4 is 10.6 Å². The van der Waals surface area contributed by atoms with Crippen molar-refractivity contribution in [3.05, 3.63) is 70.3 Å². The summed E-state index contributed by atoms with van der Waals surface area (Å²) in [5, 5.41) is 14.7. The predicted octanol–water partition coefficient (Wildman–Crippen LogP) is 4.58. The lowest BCUT2D eigenvalue weighted by Gasteiger charge is -2.15. The summed E-state index contributed by atoms with van der Waals surface area (Å²) < 4.78 is 15.7. The molecule has 0 unspecified atom stereocenters. The van der Waals surface area contributed by atoms with Gasteiger partial charge in [-0.1, -0.05) is 41.6 Å². The van der Waals surface area contributed by atoms with Gasteiger partial charge >= 0.3 is 0 Å². The number of nitrogens with zero attached hydrogens (tertiary/aromatic N) is 3. The summed E-state index contributed by atoms with van der Waals surface area (Å²) in [6, 6.07) is 9.39. The van der Waals surface area contributed by atoms with Crippen molar-refractivity contribution >= 4 is 29.3 Å². The molecular formula is C24H28FN5O2S. The number of carbonyl (C=O) groups is 2. The van der Waals surface area contributed by atoms with Crippen LogP contribution in [0.2, 0.25) is 0 Å². The molecule has 0 aliphatic rings. The first kappa shape index (κ1) is 24.4. The Balaban J connectivity index is 1.66. The molecule has 3 rings (SSSR count). The molecular weight excluding hydrogens is 441 g/mol. The van der Waals surface area contributed by atoms with Crippen LogP contribution >= 0.6 is 11.8 Å². The standard InChI is InChI=1S/C24H28FN5O2S/c1-6-30-22(17(5)26-23(32)18-9-7-8-10-19(18)25)28-29-24(30)33-13-20(31)27-21-15(3)11-14(2)12-16(21)4/h7-12,17H,6,13H2,1-5H3,(H,26,32)(H,27,31)/t17-/m0/s1. The van der Waals surface area contributed by atoms with Gasteiger partial charge in [-0.3, -0.25) is 9.59 Å². The van der Waals surface area contributed by atoms with Gasteiger partial charge in [0.15, 0.2) is 11.0 Å². The van der Waals surface area contributed by atoms with Crippen molar-refractivity contribution in [1.29, 1.82) is 0 Å². The number of carbonyl (C=O) groups excluding carboxylic acids is 2. The fraction of sp³-hybridized carbons (Fsp3) is 0.333. The van der Waals surface area contributed by atoms with Crippen molar-refractivity contribution in [2.75, 3.05) is 11.1 Å². The molecule has 2 aromatic carbocycles. The van der Waals surface area contributed by atoms with Gasteiger partial charge in [-0.2, -0.15) is 0 Å². The molecule has 0 bridgehead atoms. The minimum Gasteiger partial charge on any atom is -0.342 e. The maximum Gasteiger partial charge on any atom is 0.254 e. The van der Waals surface area contributed by atoms with E-state index in [4.69, 9.17) is 0 Å². The molecule has 174 valence electrons. The Morgan fingerprint density at radius 3 is 2.42 bits per heavy atom. The highest BCUT2D eigenvalue weighted by molar-refractivity contribution is 7.99. The minimum atomic E-state index is -0.583. The number of thioether (sulfide) groups is 1. The number of rotatable bonds is 8. The molecule has 0 aliphatic carbocycles. The lowest BCUT2D eigenvalue weighted by molar-refractivity contribution is -0.113. The topological polar surface area (TPSA) is 88.9 Å². The number of hydrogen-bond donors (Lipinski definition) is 2. The van der Waals surface area contributed by atoms with Gasteiger partial charge in [0.25, 0.3) is 5.91 Å². The zero-order valence-corrected chi connectivity index (χ0v) is 20.2. The van der Waals surface area contributed by atoms with E-state index in [1.807, 2.05) is 44.4 Å². The zero-order valence-electron chi connectivity index (χ0n) is 19.4. The Morgan fingerprint density at radius 1 is 1.12 bits per heavy atom. The third kappa shape index (κ3) is 5.78. The van der Waals surface area contributed by atoms with Crippen molar-refractivity contribution in [2.24, 2.45) is 0 Å². The number of halogens is 1. The van der Waals surface area contributed by atoms with Gasteiger partial charge in [0.1, 0.15) is 5.82 Å². The summed E-state index contributed by atoms with van der Waals surface area (Å²) in [6.45, 7) is 10.2. The molecule has 0 radical (unpaired) electrons. The lowest BCUT2D eigenvalue weighted by Crippen LogP contribution is -2.29. The highest BCUT2D eigenvalue weighted by Gasteiger charge is 2.21. The smallest absolute Gasteiger partial charge is 0.254 e. The van der Waals surface area contributed by atoms with E-state index < -0.39 is 17.8 Å². The Bertz CT molecular complexity index is 1150. The number of hydrogen-bond acceptors (Lipinski definition) is 5. The average Bonchev–Trinajstić information content (AvgIpc) is 3.18. The largest absolute Gasteiger partial charge is 0.342 e. The molecule has 0 fully saturated rings. The molecule has 1 heterocycles. The van der Waals surface area contributed by atoms with Crippen molar-refractivity contribution in [3.8, 4) is 0 Å². The molecule has 2 N–H and O–H groups in total. The highest BCUT2D eigenvalue weighted by atomic mass is 32.2. The van der Waals surface area contributed by atoms with Crippen LogP contribution in [0.15, 0.2) is 41.6 Å². The van der Waals surface area contributed by atoms with Gasteiger partial charge in [-0.15, -0.1) is 10.2 Å². The summed E-state index contributed by atoms with van der Waals surface area (Å²) >= 11 is 1.27. The van der Waals surface area contributed by atoms with E-state index in [0.717, 1.165) is 22.4 Å². The fourth-order valence-corrected chi connectivity index (χ4v) is 4.50. The summed E-state index contributed by atoms with van der Waals surface area (Å²) in [7, 11) is 0. The van der Waals surface area contributed by atoms with Gasteiger partial charge in [-0.25, -0.2) is 4.39 Å². The van der Waals surface area contributed by atoms with Crippen LogP contribution in [0.25, 0.3) is 0 Å². The van der Waals surface area contributed by atoms with Crippen LogP contribution in [0.4, 0.5) is 10.1 Å². The van der Waals surface area contributed by atoms with Crippen molar-refractivity contribution in [2.45, 2.75) is 52.4 Å². The van der Waals surface area contributed by atoms with Crippen LogP contribution in [-0.4, -0.2) is 32.3 Å². The number of amides is 2. The van der Waals surface area contributed by atoms with Crippen molar-refractivity contribution < 1.29 is 14.0 Å². The number of aromatic nitrogens is 3. The second kappa shape index (κ2) is 10.6. The third-order valence-corrected chi connectivity index (χ3v) is 6.16. The van der Waals surface area contributed by atoms with E-state index in [1.165, 1.54) is 30.0 Å². The first-order chi connectivity index (χ1) is 15.7. The number of benzene rings is 2. The summed E-state index contributed by atoms with van der Waals surface area (Å²) in [5.41, 5.74) is 3.99. The van der Waals surface area contributed by atoms with E-state index in [1.54, 1.807) is 13.0 Å². The average molecular weight is 470 g/mol. The van der Waals surface area contributed by atoms with E-state index >= 15 is 0 Å². The summed E-state index contributed by atoms with van der Waals surface area (Å²) in [5.74, 6) is -0.538. The molecule has 33 heavy (non-hydrogen) atoms. The first-order valence-electron chi connectivity index (χ1n) is 10.7. The Labute approximate surface area is 197 Å². The van der Waals surface area contributed by atoms with E-state index in [-0.39, 0.29) is 17.2 Å². The van der Waals surface area contributed by atoms with E-state index in [0.29, 0.717) is 17.5 Å². The number of anilines is 1. The van der Waals surface area contributed by atoms with Crippen LogP contribution in [0.5, 0.6) is 0 Å². The van der Waals surface area contributed by atoms with Crippen LogP contribution in [0.3, 0.4) is 0 Å². The highest BCUT2D eigenvalue weighted by Crippen LogP contribution is 2.24. The number of nitrogens with one attached hydrogen (secondary N) is 2. The molecule has 9 heteroatoms. The minimum absolute atomic E-state index is 0.0279. The quantitative estimate of drug-likeness (QED) is 0.471. The molecule has 0 aliphatic heterocycles. The van der Waals surface area contributed by atoms with Crippen LogP contribution in [0.1, 0.15) is 52.8 Å². The monoisotopic (exact) mass is 469 g/mol. The Morgan fingerprint density at radius 2 is 1.79 bits per heavy atom. The van der Waals surface area contributed by atoms with Crippen LogP contribution in [-0.2, 0) is 11.3 Å². The molecule has 3 aromatic rings. The van der Waals surface area contributed by atoms with Gasteiger partial charge < -0.3 is 15.2 Å². The summed E-state index contributed by atoms with van der Waals surface area (Å²) in [4.78, 5) is 25.0. The molecule has 1 atom stereocenters. The van der Waals surface area contributed by atoms with Gasteiger partial charge in [0.05, 0.1) is 17.4 Å². The van der Waals surface area contributed by atoms with Crippen molar-refractivity contribution in [3.63, 3.8) is 0 Å². The second-order valence-electron chi connectivity index (χ2n) is 7.87. The zero-order chi connectivity index (χ0) is 24.1. The first-order valence-corrected chi connectivity index (χ1v) is 11.7. The SMILES string of the molecule is CCn1c(SCC(=O)Nc2c(C)cc(C)cc2C)nnc1[C@H](C)NC(=O)c1ccccc1F. The normalized spacial score (nSPS) is 11.8. The predicted molar refractivity (Wildman–Crippen MR) is 128 cm³/mol. The molecule has 7 nitrogen and oxygen atoms in total. The Kier molecular flexibility index (Phi) is 7.86. The van der Waals surface area contributed by atoms with E-state index in [2.05, 4.69) is 20.8 Å². The maximum absolute atomic E-state index is 13.9. The lowest BCUT2D eigenvalue weighted by atomic mass is 10.1. The van der Waals surface area contributed by atoms with Gasteiger partial charge in [0.2, 0.25) is 5.91 Å². The molecule has 1 aromatic heterocycles. The second-order valence-corrected chi connectivity index (χ2v) is 8.81.